The van der Waals surface area contributed by atoms with Crippen LogP contribution in [0.3, 0.4) is 0 Å². The van der Waals surface area contributed by atoms with E-state index in [0.717, 1.165) is 12.8 Å². The van der Waals surface area contributed by atoms with Crippen molar-refractivity contribution in [3.63, 3.8) is 0 Å². The Kier molecular flexibility index (Phi) is 3.94. The highest BCUT2D eigenvalue weighted by molar-refractivity contribution is 5.58. The first kappa shape index (κ1) is 11.0. The van der Waals surface area contributed by atoms with Crippen LogP contribution in [0.15, 0.2) is 47.1 Å². The van der Waals surface area contributed by atoms with E-state index in [2.05, 4.69) is 45.6 Å². The lowest BCUT2D eigenvalue weighted by atomic mass is 10.00. The van der Waals surface area contributed by atoms with Gasteiger partial charge in [0.2, 0.25) is 0 Å². The predicted molar refractivity (Wildman–Crippen MR) is 64.3 cm³/mol. The van der Waals surface area contributed by atoms with E-state index >= 15 is 0 Å². The molecule has 0 radical (unpaired) electrons. The van der Waals surface area contributed by atoms with Crippen LogP contribution in [-0.4, -0.2) is 0 Å². The fourth-order valence-corrected chi connectivity index (χ4v) is 1.58. The maximum absolute atomic E-state index is 4.14. The van der Waals surface area contributed by atoms with Gasteiger partial charge in [-0.3, -0.25) is 0 Å². The Bertz CT molecular complexity index is 311. The highest BCUT2D eigenvalue weighted by atomic mass is 14.1. The molecule has 1 rings (SSSR count). The maximum Gasteiger partial charge on any atom is -0.0188 e. The van der Waals surface area contributed by atoms with Gasteiger partial charge in [0.25, 0.3) is 0 Å². The summed E-state index contributed by atoms with van der Waals surface area (Å²) in [6.07, 6.45) is 10.1. The molecule has 1 aliphatic carbocycles. The second-order valence-electron chi connectivity index (χ2n) is 3.89. The van der Waals surface area contributed by atoms with Crippen molar-refractivity contribution in [3.8, 4) is 0 Å². The van der Waals surface area contributed by atoms with Crippen LogP contribution in [-0.2, 0) is 0 Å². The Morgan fingerprint density at radius 1 is 1.36 bits per heavy atom. The third-order valence-corrected chi connectivity index (χ3v) is 2.68. The molecule has 0 aromatic rings. The van der Waals surface area contributed by atoms with E-state index in [1.807, 2.05) is 0 Å². The van der Waals surface area contributed by atoms with Crippen molar-refractivity contribution in [1.82, 2.24) is 0 Å². The zero-order chi connectivity index (χ0) is 10.6. The van der Waals surface area contributed by atoms with E-state index < -0.39 is 0 Å². The zero-order valence-corrected chi connectivity index (χ0v) is 9.56. The Balaban J connectivity index is 2.68. The molecule has 1 aliphatic rings. The molecule has 0 N–H and O–H groups in total. The van der Waals surface area contributed by atoms with Gasteiger partial charge in [0.1, 0.15) is 0 Å². The molecule has 0 heteroatoms. The molecule has 0 aromatic carbocycles. The quantitative estimate of drug-likeness (QED) is 0.606. The minimum Gasteiger partial charge on any atom is -0.0909 e. The molecule has 76 valence electrons. The monoisotopic (exact) mass is 188 g/mol. The Hall–Kier alpha value is -1.04. The Labute approximate surface area is 87.7 Å². The van der Waals surface area contributed by atoms with Gasteiger partial charge in [-0.1, -0.05) is 50.6 Å². The van der Waals surface area contributed by atoms with Gasteiger partial charge in [-0.25, -0.2) is 0 Å². The van der Waals surface area contributed by atoms with Gasteiger partial charge in [-0.05, 0) is 36.5 Å². The molecule has 0 amide bonds. The smallest absolute Gasteiger partial charge is 0.0188 e. The van der Waals surface area contributed by atoms with Crippen LogP contribution in [0.25, 0.3) is 0 Å². The normalized spacial score (nSPS) is 17.1. The van der Waals surface area contributed by atoms with Gasteiger partial charge in [-0.2, -0.15) is 0 Å². The lowest BCUT2D eigenvalue weighted by molar-refractivity contribution is 0.920. The molecule has 0 saturated carbocycles. The largest absolute Gasteiger partial charge is 0.0909 e. The van der Waals surface area contributed by atoms with Gasteiger partial charge < -0.3 is 0 Å². The predicted octanol–water partition coefficient (Wildman–Crippen LogP) is 4.57. The molecular weight excluding hydrogens is 168 g/mol. The third kappa shape index (κ3) is 2.47. The topological polar surface area (TPSA) is 0 Å². The lowest BCUT2D eigenvalue weighted by Crippen LogP contribution is -1.86. The molecule has 0 aromatic heterocycles. The first-order valence-corrected chi connectivity index (χ1v) is 5.46. The Morgan fingerprint density at radius 2 is 2.07 bits per heavy atom. The van der Waals surface area contributed by atoms with E-state index in [1.165, 1.54) is 28.7 Å². The van der Waals surface area contributed by atoms with E-state index in [-0.39, 0.29) is 0 Å². The van der Waals surface area contributed by atoms with Gasteiger partial charge >= 0.3 is 0 Å². The maximum atomic E-state index is 4.14. The van der Waals surface area contributed by atoms with Gasteiger partial charge in [0.15, 0.2) is 0 Å². The number of hydrogen-bond donors (Lipinski definition) is 0. The number of allylic oxidation sites excluding steroid dienone is 7. The standard InChI is InChI=1S/C14H20/c1-5-7-13-8-9-14(12(13)4)10-11(3)6-2/h8-10H,4-7H2,1-3H3/b11-10+. The first-order chi connectivity index (χ1) is 6.69. The first-order valence-electron chi connectivity index (χ1n) is 5.46. The van der Waals surface area contributed by atoms with Crippen LogP contribution < -0.4 is 0 Å². The minimum atomic E-state index is 1.12. The Morgan fingerprint density at radius 3 is 2.64 bits per heavy atom. The van der Waals surface area contributed by atoms with Crippen molar-refractivity contribution in [2.75, 3.05) is 0 Å². The highest BCUT2D eigenvalue weighted by Crippen LogP contribution is 2.29. The van der Waals surface area contributed by atoms with Crippen molar-refractivity contribution >= 4 is 0 Å². The fraction of sp³-hybridized carbons (Fsp3) is 0.429. The molecule has 0 unspecified atom stereocenters. The summed E-state index contributed by atoms with van der Waals surface area (Å²) in [5.74, 6) is 0. The van der Waals surface area contributed by atoms with Gasteiger partial charge in [-0.15, -0.1) is 0 Å². The van der Waals surface area contributed by atoms with Crippen LogP contribution in [0.1, 0.15) is 40.0 Å². The molecule has 0 nitrogen and oxygen atoms in total. The van der Waals surface area contributed by atoms with Crippen LogP contribution in [0.2, 0.25) is 0 Å². The minimum absolute atomic E-state index is 1.12. The van der Waals surface area contributed by atoms with Gasteiger partial charge in [0, 0.05) is 0 Å². The molecular formula is C14H20. The number of rotatable bonds is 4. The van der Waals surface area contributed by atoms with Crippen molar-refractivity contribution < 1.29 is 0 Å². The summed E-state index contributed by atoms with van der Waals surface area (Å²) in [4.78, 5) is 0. The molecule has 0 atom stereocenters. The summed E-state index contributed by atoms with van der Waals surface area (Å²) in [6, 6.07) is 0. The van der Waals surface area contributed by atoms with E-state index in [4.69, 9.17) is 0 Å². The third-order valence-electron chi connectivity index (χ3n) is 2.68. The zero-order valence-electron chi connectivity index (χ0n) is 9.56. The van der Waals surface area contributed by atoms with Crippen LogP contribution >= 0.6 is 0 Å². The lowest BCUT2D eigenvalue weighted by Gasteiger charge is -2.05. The average molecular weight is 188 g/mol. The molecule has 0 bridgehead atoms. The van der Waals surface area contributed by atoms with Gasteiger partial charge in [0.05, 0.1) is 0 Å². The fourth-order valence-electron chi connectivity index (χ4n) is 1.58. The molecule has 0 aliphatic heterocycles. The summed E-state index contributed by atoms with van der Waals surface area (Å²) in [5, 5.41) is 0. The van der Waals surface area contributed by atoms with E-state index in [9.17, 15) is 0 Å². The van der Waals surface area contributed by atoms with E-state index in [0.29, 0.717) is 0 Å². The SMILES string of the molecule is C=C1C(/C=C(\C)CC)=CC=C1CCC. The summed E-state index contributed by atoms with van der Waals surface area (Å²) in [6.45, 7) is 10.7. The van der Waals surface area contributed by atoms with Crippen molar-refractivity contribution in [2.24, 2.45) is 0 Å². The van der Waals surface area contributed by atoms with Crippen molar-refractivity contribution in [1.29, 1.82) is 0 Å². The molecule has 0 saturated heterocycles. The summed E-state index contributed by atoms with van der Waals surface area (Å²) < 4.78 is 0. The molecule has 0 spiro atoms. The summed E-state index contributed by atoms with van der Waals surface area (Å²) in [7, 11) is 0. The molecule has 0 heterocycles. The summed E-state index contributed by atoms with van der Waals surface area (Å²) in [5.41, 5.74) is 5.35. The highest BCUT2D eigenvalue weighted by Gasteiger charge is 2.10. The average Bonchev–Trinajstić information content (AvgIpc) is 2.50. The number of hydrogen-bond acceptors (Lipinski definition) is 0. The van der Waals surface area contributed by atoms with Crippen LogP contribution in [0.4, 0.5) is 0 Å². The van der Waals surface area contributed by atoms with Crippen molar-refractivity contribution in [3.05, 3.63) is 47.1 Å². The van der Waals surface area contributed by atoms with Crippen LogP contribution in [0, 0.1) is 0 Å². The van der Waals surface area contributed by atoms with Crippen molar-refractivity contribution in [2.45, 2.75) is 40.0 Å². The van der Waals surface area contributed by atoms with E-state index in [1.54, 1.807) is 0 Å². The molecule has 14 heavy (non-hydrogen) atoms. The second kappa shape index (κ2) is 4.99. The molecule has 0 fully saturated rings. The second-order valence-corrected chi connectivity index (χ2v) is 3.89. The summed E-state index contributed by atoms with van der Waals surface area (Å²) >= 11 is 0. The van der Waals surface area contributed by atoms with Crippen LogP contribution in [0.5, 0.6) is 0 Å².